The number of nitrogens with one attached hydrogen (secondary N) is 1. The molecule has 0 atom stereocenters. The third-order valence-electron chi connectivity index (χ3n) is 1.80. The number of ether oxygens (including phenoxy) is 2. The van der Waals surface area contributed by atoms with Crippen molar-refractivity contribution in [1.82, 2.24) is 4.98 Å². The molecule has 0 radical (unpaired) electrons. The molecular weight excluding hydrogens is 248 g/mol. The Morgan fingerprint density at radius 2 is 2.12 bits per heavy atom. The minimum Gasteiger partial charge on any atom is -0.465 e. The summed E-state index contributed by atoms with van der Waals surface area (Å²) in [6.45, 7) is -0.144. The normalized spacial score (nSPS) is 9.82. The SMILES string of the molecule is COCC(=O)Nc1nc(Cl)ccc1C(=O)OC. The summed E-state index contributed by atoms with van der Waals surface area (Å²) in [6, 6.07) is 2.85. The second-order valence-corrected chi connectivity index (χ2v) is 3.39. The average Bonchev–Trinajstić information content (AvgIpc) is 2.28. The third kappa shape index (κ3) is 3.69. The molecule has 1 N–H and O–H groups in total. The largest absolute Gasteiger partial charge is 0.465 e. The van der Waals surface area contributed by atoms with Gasteiger partial charge in [0, 0.05) is 7.11 Å². The first-order chi connectivity index (χ1) is 8.08. The van der Waals surface area contributed by atoms with Gasteiger partial charge in [-0.2, -0.15) is 0 Å². The maximum atomic E-state index is 11.4. The zero-order chi connectivity index (χ0) is 12.8. The molecule has 1 heterocycles. The molecule has 0 saturated carbocycles. The van der Waals surface area contributed by atoms with Crippen molar-refractivity contribution >= 4 is 29.3 Å². The Morgan fingerprint density at radius 3 is 2.71 bits per heavy atom. The number of hydrogen-bond donors (Lipinski definition) is 1. The average molecular weight is 259 g/mol. The van der Waals surface area contributed by atoms with E-state index in [1.807, 2.05) is 0 Å². The summed E-state index contributed by atoms with van der Waals surface area (Å²) in [5, 5.41) is 2.56. The molecule has 0 fully saturated rings. The number of pyridine rings is 1. The predicted octanol–water partition coefficient (Wildman–Crippen LogP) is 1.11. The zero-order valence-electron chi connectivity index (χ0n) is 9.32. The van der Waals surface area contributed by atoms with Crippen LogP contribution in [0.1, 0.15) is 10.4 Å². The van der Waals surface area contributed by atoms with E-state index in [1.165, 1.54) is 26.4 Å². The summed E-state index contributed by atoms with van der Waals surface area (Å²) in [6.07, 6.45) is 0. The number of halogens is 1. The lowest BCUT2D eigenvalue weighted by molar-refractivity contribution is -0.119. The van der Waals surface area contributed by atoms with E-state index in [-0.39, 0.29) is 23.1 Å². The van der Waals surface area contributed by atoms with E-state index < -0.39 is 11.9 Å². The number of methoxy groups -OCH3 is 2. The number of anilines is 1. The molecule has 0 aromatic carbocycles. The van der Waals surface area contributed by atoms with Crippen molar-refractivity contribution < 1.29 is 19.1 Å². The second-order valence-electron chi connectivity index (χ2n) is 3.00. The van der Waals surface area contributed by atoms with E-state index in [0.29, 0.717) is 0 Å². The predicted molar refractivity (Wildman–Crippen MR) is 61.1 cm³/mol. The van der Waals surface area contributed by atoms with Crippen molar-refractivity contribution in [2.45, 2.75) is 0 Å². The molecule has 17 heavy (non-hydrogen) atoms. The first kappa shape index (κ1) is 13.4. The van der Waals surface area contributed by atoms with Crippen LogP contribution < -0.4 is 5.32 Å². The molecule has 7 heteroatoms. The van der Waals surface area contributed by atoms with Crippen LogP contribution in [0.4, 0.5) is 5.82 Å². The lowest BCUT2D eigenvalue weighted by Crippen LogP contribution is -2.20. The van der Waals surface area contributed by atoms with E-state index in [1.54, 1.807) is 0 Å². The summed E-state index contributed by atoms with van der Waals surface area (Å²) in [5.41, 5.74) is 0.126. The van der Waals surface area contributed by atoms with Gasteiger partial charge in [-0.1, -0.05) is 11.6 Å². The first-order valence-corrected chi connectivity index (χ1v) is 5.00. The molecule has 92 valence electrons. The maximum Gasteiger partial charge on any atom is 0.341 e. The Hall–Kier alpha value is -1.66. The molecule has 1 rings (SSSR count). The van der Waals surface area contributed by atoms with E-state index in [9.17, 15) is 9.59 Å². The summed E-state index contributed by atoms with van der Waals surface area (Å²) < 4.78 is 9.20. The fourth-order valence-electron chi connectivity index (χ4n) is 1.10. The van der Waals surface area contributed by atoms with Gasteiger partial charge in [-0.15, -0.1) is 0 Å². The molecule has 0 unspecified atom stereocenters. The van der Waals surface area contributed by atoms with Gasteiger partial charge in [0.1, 0.15) is 23.1 Å². The summed E-state index contributed by atoms with van der Waals surface area (Å²) in [5.74, 6) is -0.999. The van der Waals surface area contributed by atoms with Crippen LogP contribution in [0.5, 0.6) is 0 Å². The number of carbonyl (C=O) groups is 2. The topological polar surface area (TPSA) is 77.5 Å². The van der Waals surface area contributed by atoms with Crippen molar-refractivity contribution in [1.29, 1.82) is 0 Å². The number of esters is 1. The van der Waals surface area contributed by atoms with Gasteiger partial charge in [0.15, 0.2) is 0 Å². The molecule has 0 saturated heterocycles. The highest BCUT2D eigenvalue weighted by atomic mass is 35.5. The third-order valence-corrected chi connectivity index (χ3v) is 2.01. The van der Waals surface area contributed by atoms with Gasteiger partial charge in [-0.25, -0.2) is 9.78 Å². The van der Waals surface area contributed by atoms with Crippen LogP contribution in [0.3, 0.4) is 0 Å². The zero-order valence-corrected chi connectivity index (χ0v) is 10.1. The van der Waals surface area contributed by atoms with E-state index in [4.69, 9.17) is 11.6 Å². The van der Waals surface area contributed by atoms with Gasteiger partial charge in [0.05, 0.1) is 7.11 Å². The van der Waals surface area contributed by atoms with Crippen molar-refractivity contribution in [3.8, 4) is 0 Å². The molecule has 6 nitrogen and oxygen atoms in total. The standard InChI is InChI=1S/C10H11ClN2O4/c1-16-5-8(14)13-9-6(10(15)17-2)3-4-7(11)12-9/h3-4H,5H2,1-2H3,(H,12,13,14). The first-order valence-electron chi connectivity index (χ1n) is 4.62. The van der Waals surface area contributed by atoms with E-state index >= 15 is 0 Å². The Bertz CT molecular complexity index is 436. The lowest BCUT2D eigenvalue weighted by atomic mass is 10.2. The number of rotatable bonds is 4. The highest BCUT2D eigenvalue weighted by Crippen LogP contribution is 2.17. The van der Waals surface area contributed by atoms with Gasteiger partial charge in [0.25, 0.3) is 5.91 Å². The second kappa shape index (κ2) is 6.17. The number of amides is 1. The van der Waals surface area contributed by atoms with E-state index in [0.717, 1.165) is 0 Å². The molecular formula is C10H11ClN2O4. The molecule has 1 amide bonds. The quantitative estimate of drug-likeness (QED) is 0.647. The maximum absolute atomic E-state index is 11.4. The number of hydrogen-bond acceptors (Lipinski definition) is 5. The Labute approximate surface area is 103 Å². The highest BCUT2D eigenvalue weighted by molar-refractivity contribution is 6.29. The smallest absolute Gasteiger partial charge is 0.341 e. The van der Waals surface area contributed by atoms with Crippen LogP contribution in [0.2, 0.25) is 5.15 Å². The van der Waals surface area contributed by atoms with Gasteiger partial charge in [-0.05, 0) is 12.1 Å². The number of carbonyl (C=O) groups excluding carboxylic acids is 2. The number of nitrogens with zero attached hydrogens (tertiary/aromatic N) is 1. The van der Waals surface area contributed by atoms with Crippen LogP contribution in [0, 0.1) is 0 Å². The summed E-state index contributed by atoms with van der Waals surface area (Å²) in [4.78, 5) is 26.6. The van der Waals surface area contributed by atoms with E-state index in [2.05, 4.69) is 19.8 Å². The molecule has 0 aliphatic heterocycles. The Morgan fingerprint density at radius 1 is 1.41 bits per heavy atom. The van der Waals surface area contributed by atoms with Crippen molar-refractivity contribution in [3.05, 3.63) is 22.8 Å². The van der Waals surface area contributed by atoms with Gasteiger partial charge in [-0.3, -0.25) is 4.79 Å². The Balaban J connectivity index is 2.99. The van der Waals surface area contributed by atoms with Crippen LogP contribution in [0.15, 0.2) is 12.1 Å². The van der Waals surface area contributed by atoms with Crippen LogP contribution in [0.25, 0.3) is 0 Å². The minimum atomic E-state index is -0.609. The molecule has 0 aliphatic rings. The summed E-state index contributed by atoms with van der Waals surface area (Å²) >= 11 is 5.68. The van der Waals surface area contributed by atoms with Crippen molar-refractivity contribution in [3.63, 3.8) is 0 Å². The van der Waals surface area contributed by atoms with Crippen LogP contribution in [-0.2, 0) is 14.3 Å². The fourth-order valence-corrected chi connectivity index (χ4v) is 1.25. The molecule has 0 spiro atoms. The minimum absolute atomic E-state index is 0.0476. The Kier molecular flexibility index (Phi) is 4.86. The lowest BCUT2D eigenvalue weighted by Gasteiger charge is -2.08. The molecule has 1 aromatic heterocycles. The molecule has 0 bridgehead atoms. The molecule has 0 aliphatic carbocycles. The van der Waals surface area contributed by atoms with Crippen molar-refractivity contribution in [2.24, 2.45) is 0 Å². The van der Waals surface area contributed by atoms with Crippen LogP contribution in [-0.4, -0.2) is 37.7 Å². The highest BCUT2D eigenvalue weighted by Gasteiger charge is 2.15. The summed E-state index contributed by atoms with van der Waals surface area (Å²) in [7, 11) is 2.61. The molecule has 1 aromatic rings. The van der Waals surface area contributed by atoms with Gasteiger partial charge >= 0.3 is 5.97 Å². The van der Waals surface area contributed by atoms with Gasteiger partial charge < -0.3 is 14.8 Å². The monoisotopic (exact) mass is 258 g/mol. The van der Waals surface area contributed by atoms with Gasteiger partial charge in [0.2, 0.25) is 0 Å². The number of aromatic nitrogens is 1. The van der Waals surface area contributed by atoms with Crippen LogP contribution >= 0.6 is 11.6 Å². The van der Waals surface area contributed by atoms with Crippen molar-refractivity contribution in [2.75, 3.05) is 26.1 Å². The fraction of sp³-hybridized carbons (Fsp3) is 0.300.